The number of amides is 1. The average molecular weight is 369 g/mol. The fourth-order valence-electron chi connectivity index (χ4n) is 2.45. The van der Waals surface area contributed by atoms with Gasteiger partial charge in [0.2, 0.25) is 5.91 Å². The van der Waals surface area contributed by atoms with Crippen LogP contribution in [0.2, 0.25) is 0 Å². The zero-order valence-corrected chi connectivity index (χ0v) is 14.4. The minimum atomic E-state index is -4.61. The van der Waals surface area contributed by atoms with Crippen LogP contribution in [0.15, 0.2) is 21.9 Å². The number of alkyl halides is 3. The summed E-state index contributed by atoms with van der Waals surface area (Å²) >= 11 is 0. The molecule has 2 aromatic heterocycles. The van der Waals surface area contributed by atoms with E-state index in [-0.39, 0.29) is 34.4 Å². The van der Waals surface area contributed by atoms with Crippen molar-refractivity contribution in [1.29, 1.82) is 0 Å². The predicted molar refractivity (Wildman–Crippen MR) is 91.0 cm³/mol. The molecule has 2 heterocycles. The van der Waals surface area contributed by atoms with Crippen molar-refractivity contribution in [2.75, 3.05) is 7.05 Å². The van der Waals surface area contributed by atoms with Crippen LogP contribution in [-0.4, -0.2) is 34.8 Å². The van der Waals surface area contributed by atoms with Gasteiger partial charge in [0.1, 0.15) is 11.5 Å². The SMILES string of the molecule is CN=C(N)[C@@H](C)NC(=O)Cc1c(C)c2nc(C(F)(F)F)ccc2[nH]c1=O. The summed E-state index contributed by atoms with van der Waals surface area (Å²) in [6.45, 7) is 3.08. The second-order valence-corrected chi connectivity index (χ2v) is 5.76. The molecule has 1 atom stereocenters. The van der Waals surface area contributed by atoms with E-state index in [0.29, 0.717) is 0 Å². The van der Waals surface area contributed by atoms with Crippen LogP contribution in [0.5, 0.6) is 0 Å². The maximum atomic E-state index is 12.9. The largest absolute Gasteiger partial charge is 0.433 e. The molecule has 0 aliphatic carbocycles. The molecule has 0 fully saturated rings. The molecule has 1 amide bonds. The van der Waals surface area contributed by atoms with Crippen molar-refractivity contribution in [3.8, 4) is 0 Å². The van der Waals surface area contributed by atoms with Gasteiger partial charge in [0.25, 0.3) is 5.56 Å². The topological polar surface area (TPSA) is 113 Å². The van der Waals surface area contributed by atoms with E-state index in [9.17, 15) is 22.8 Å². The van der Waals surface area contributed by atoms with Gasteiger partial charge in [0.05, 0.1) is 23.5 Å². The van der Waals surface area contributed by atoms with Crippen LogP contribution in [-0.2, 0) is 17.4 Å². The summed E-state index contributed by atoms with van der Waals surface area (Å²) in [6.07, 6.45) is -4.93. The number of fused-ring (bicyclic) bond motifs is 1. The Kier molecular flexibility index (Phi) is 5.33. The van der Waals surface area contributed by atoms with Crippen LogP contribution in [0, 0.1) is 6.92 Å². The predicted octanol–water partition coefficient (Wildman–Crippen LogP) is 1.28. The number of nitrogens with two attached hydrogens (primary N) is 1. The Morgan fingerprint density at radius 2 is 2.08 bits per heavy atom. The molecule has 0 saturated carbocycles. The van der Waals surface area contributed by atoms with E-state index >= 15 is 0 Å². The first-order valence-corrected chi connectivity index (χ1v) is 7.65. The third-order valence-corrected chi connectivity index (χ3v) is 3.93. The number of carbonyl (C=O) groups is 1. The number of halogens is 3. The van der Waals surface area contributed by atoms with E-state index in [1.165, 1.54) is 14.0 Å². The van der Waals surface area contributed by atoms with Crippen LogP contribution in [0.25, 0.3) is 11.0 Å². The fraction of sp³-hybridized carbons (Fsp3) is 0.375. The summed E-state index contributed by atoms with van der Waals surface area (Å²) in [4.78, 5) is 34.1. The van der Waals surface area contributed by atoms with Crippen molar-refractivity contribution < 1.29 is 18.0 Å². The van der Waals surface area contributed by atoms with E-state index < -0.39 is 29.4 Å². The molecule has 0 bridgehead atoms. The van der Waals surface area contributed by atoms with Crippen molar-refractivity contribution in [1.82, 2.24) is 15.3 Å². The molecule has 0 aliphatic rings. The molecule has 0 radical (unpaired) electrons. The number of amidine groups is 1. The summed E-state index contributed by atoms with van der Waals surface area (Å²) < 4.78 is 38.6. The van der Waals surface area contributed by atoms with Crippen molar-refractivity contribution in [3.63, 3.8) is 0 Å². The molecule has 26 heavy (non-hydrogen) atoms. The van der Waals surface area contributed by atoms with Gasteiger partial charge in [-0.1, -0.05) is 0 Å². The zero-order chi connectivity index (χ0) is 19.6. The van der Waals surface area contributed by atoms with Gasteiger partial charge in [-0.3, -0.25) is 14.6 Å². The van der Waals surface area contributed by atoms with Crippen molar-refractivity contribution in [3.05, 3.63) is 39.3 Å². The van der Waals surface area contributed by atoms with E-state index in [4.69, 9.17) is 5.73 Å². The molecule has 0 aromatic carbocycles. The number of rotatable bonds is 4. The first kappa shape index (κ1) is 19.4. The number of nitrogens with one attached hydrogen (secondary N) is 2. The summed E-state index contributed by atoms with van der Waals surface area (Å²) in [5, 5.41) is 2.57. The van der Waals surface area contributed by atoms with Crippen LogP contribution in [0.3, 0.4) is 0 Å². The van der Waals surface area contributed by atoms with Crippen molar-refractivity contribution >= 4 is 22.8 Å². The normalized spacial score (nSPS) is 13.7. The number of aromatic nitrogens is 2. The number of carbonyl (C=O) groups excluding carboxylic acids is 1. The zero-order valence-electron chi connectivity index (χ0n) is 14.4. The van der Waals surface area contributed by atoms with Gasteiger partial charge in [-0.15, -0.1) is 0 Å². The molecule has 0 aliphatic heterocycles. The lowest BCUT2D eigenvalue weighted by Crippen LogP contribution is -2.43. The van der Waals surface area contributed by atoms with Gasteiger partial charge >= 0.3 is 6.18 Å². The van der Waals surface area contributed by atoms with Crippen molar-refractivity contribution in [2.24, 2.45) is 10.7 Å². The van der Waals surface area contributed by atoms with Gasteiger partial charge in [-0.25, -0.2) is 4.98 Å². The van der Waals surface area contributed by atoms with E-state index in [0.717, 1.165) is 12.1 Å². The smallest absolute Gasteiger partial charge is 0.386 e. The molecule has 4 N–H and O–H groups in total. The maximum absolute atomic E-state index is 12.9. The molecular weight excluding hydrogens is 351 g/mol. The van der Waals surface area contributed by atoms with Gasteiger partial charge in [-0.2, -0.15) is 13.2 Å². The lowest BCUT2D eigenvalue weighted by Gasteiger charge is -2.14. The molecule has 0 saturated heterocycles. The van der Waals surface area contributed by atoms with Crippen LogP contribution in [0.1, 0.15) is 23.7 Å². The minimum Gasteiger partial charge on any atom is -0.386 e. The monoisotopic (exact) mass is 369 g/mol. The quantitative estimate of drug-likeness (QED) is 0.557. The summed E-state index contributed by atoms with van der Waals surface area (Å²) in [6, 6.07) is 1.39. The van der Waals surface area contributed by atoms with Crippen LogP contribution < -0.4 is 16.6 Å². The minimum absolute atomic E-state index is 0.00934. The molecule has 10 heteroatoms. The number of pyridine rings is 2. The Morgan fingerprint density at radius 1 is 1.42 bits per heavy atom. The number of aliphatic imine (C=N–C) groups is 1. The van der Waals surface area contributed by atoms with Gasteiger partial charge < -0.3 is 16.0 Å². The Morgan fingerprint density at radius 3 is 2.65 bits per heavy atom. The Bertz CT molecular complexity index is 934. The summed E-state index contributed by atoms with van der Waals surface area (Å²) in [7, 11) is 1.47. The molecule has 0 spiro atoms. The lowest BCUT2D eigenvalue weighted by atomic mass is 10.0. The molecule has 2 aromatic rings. The first-order valence-electron chi connectivity index (χ1n) is 7.65. The highest BCUT2D eigenvalue weighted by molar-refractivity contribution is 5.91. The van der Waals surface area contributed by atoms with Crippen LogP contribution >= 0.6 is 0 Å². The summed E-state index contributed by atoms with van der Waals surface area (Å²) in [5.41, 5.74) is 4.39. The van der Waals surface area contributed by atoms with E-state index in [2.05, 4.69) is 20.3 Å². The number of H-pyrrole nitrogens is 1. The lowest BCUT2D eigenvalue weighted by molar-refractivity contribution is -0.141. The average Bonchev–Trinajstić information content (AvgIpc) is 2.56. The Balaban J connectivity index is 2.41. The number of hydrogen-bond acceptors (Lipinski definition) is 4. The maximum Gasteiger partial charge on any atom is 0.433 e. The van der Waals surface area contributed by atoms with E-state index in [1.54, 1.807) is 6.92 Å². The number of aryl methyl sites for hydroxylation is 1. The fourth-order valence-corrected chi connectivity index (χ4v) is 2.45. The van der Waals surface area contributed by atoms with Gasteiger partial charge in [-0.05, 0) is 31.5 Å². The second-order valence-electron chi connectivity index (χ2n) is 5.76. The molecule has 7 nitrogen and oxygen atoms in total. The third kappa shape index (κ3) is 4.01. The molecular formula is C16H18F3N5O2. The number of aromatic amines is 1. The number of hydrogen-bond donors (Lipinski definition) is 3. The highest BCUT2D eigenvalue weighted by Crippen LogP contribution is 2.29. The first-order chi connectivity index (χ1) is 12.0. The van der Waals surface area contributed by atoms with Gasteiger partial charge in [0, 0.05) is 12.6 Å². The van der Waals surface area contributed by atoms with E-state index in [1.807, 2.05) is 0 Å². The van der Waals surface area contributed by atoms with Crippen molar-refractivity contribution in [2.45, 2.75) is 32.5 Å². The second kappa shape index (κ2) is 7.14. The molecule has 140 valence electrons. The Labute approximate surface area is 146 Å². The molecule has 0 unspecified atom stereocenters. The molecule has 2 rings (SSSR count). The van der Waals surface area contributed by atoms with Crippen LogP contribution in [0.4, 0.5) is 13.2 Å². The highest BCUT2D eigenvalue weighted by Gasteiger charge is 2.32. The third-order valence-electron chi connectivity index (χ3n) is 3.93. The van der Waals surface area contributed by atoms with Gasteiger partial charge in [0.15, 0.2) is 0 Å². The standard InChI is InChI=1S/C16H18F3N5O2/c1-7-9(6-12(25)22-8(2)14(20)21-3)15(26)23-10-4-5-11(16(17,18)19)24-13(7)10/h4-5,8H,6H2,1-3H3,(H2,20,21)(H,22,25)(H,23,26)/t8-/m1/s1. The Hall–Kier alpha value is -2.91. The number of nitrogens with zero attached hydrogens (tertiary/aromatic N) is 2. The highest BCUT2D eigenvalue weighted by atomic mass is 19.4. The summed E-state index contributed by atoms with van der Waals surface area (Å²) in [5.74, 6) is -0.303.